The number of hydrogen-bond acceptors (Lipinski definition) is 6. The third kappa shape index (κ3) is 6.06. The maximum Gasteiger partial charge on any atom is 0.525 e. The van der Waals surface area contributed by atoms with E-state index in [1.54, 1.807) is 4.90 Å². The number of fused-ring (bicyclic) bond motifs is 1. The van der Waals surface area contributed by atoms with Crippen LogP contribution in [0.5, 0.6) is 0 Å². The smallest absolute Gasteiger partial charge is 0.423 e. The van der Waals surface area contributed by atoms with E-state index in [9.17, 15) is 14.4 Å². The van der Waals surface area contributed by atoms with Crippen molar-refractivity contribution in [3.8, 4) is 0 Å². The molecule has 11 heteroatoms. The molecule has 3 heterocycles. The zero-order valence-electron chi connectivity index (χ0n) is 30.4. The van der Waals surface area contributed by atoms with Gasteiger partial charge >= 0.3 is 6.09 Å². The number of hydrogen-bond donors (Lipinski definition) is 0. The molecule has 2 aromatic rings. The summed E-state index contributed by atoms with van der Waals surface area (Å²) in [5, 5.41) is 0.176. The first-order chi connectivity index (χ1) is 22.6. The Bertz CT molecular complexity index is 1690. The van der Waals surface area contributed by atoms with Crippen LogP contribution in [0.3, 0.4) is 0 Å². The van der Waals surface area contributed by atoms with Crippen molar-refractivity contribution in [1.82, 2.24) is 19.4 Å². The fraction of sp³-hybridized carbons (Fsp3) is 0.622. The molecule has 6 rings (SSSR count). The summed E-state index contributed by atoms with van der Waals surface area (Å²) in [4.78, 5) is 49.4. The lowest BCUT2D eigenvalue weighted by atomic mass is 9.91. The maximum atomic E-state index is 14.1. The van der Waals surface area contributed by atoms with Crippen LogP contribution < -0.4 is 0 Å². The third-order valence-electron chi connectivity index (χ3n) is 11.7. The number of imidazole rings is 1. The molecule has 1 unspecified atom stereocenters. The average molecular weight is 677 g/mol. The van der Waals surface area contributed by atoms with E-state index in [4.69, 9.17) is 14.1 Å². The van der Waals surface area contributed by atoms with Crippen LogP contribution in [-0.2, 0) is 21.0 Å². The number of allylic oxidation sites excluding steroid dienone is 2. The molecule has 48 heavy (non-hydrogen) atoms. The summed E-state index contributed by atoms with van der Waals surface area (Å²) in [6.45, 7) is 14.6. The van der Waals surface area contributed by atoms with E-state index in [-0.39, 0.29) is 46.1 Å². The predicted octanol–water partition coefficient (Wildman–Crippen LogP) is 6.93. The van der Waals surface area contributed by atoms with Gasteiger partial charge < -0.3 is 23.5 Å². The van der Waals surface area contributed by atoms with Crippen molar-refractivity contribution < 1.29 is 28.0 Å². The lowest BCUT2D eigenvalue weighted by Gasteiger charge is -2.44. The van der Waals surface area contributed by atoms with Gasteiger partial charge in [-0.2, -0.15) is 9.28 Å². The predicted molar refractivity (Wildman–Crippen MR) is 190 cm³/mol. The fourth-order valence-electron chi connectivity index (χ4n) is 7.53. The summed E-state index contributed by atoms with van der Waals surface area (Å²) >= 11 is 0. The van der Waals surface area contributed by atoms with Crippen LogP contribution in [-0.4, -0.2) is 96.0 Å². The van der Waals surface area contributed by atoms with Crippen LogP contribution >= 0.6 is 0 Å². The molecule has 260 valence electrons. The summed E-state index contributed by atoms with van der Waals surface area (Å²) in [6, 6.07) is 4.50. The molecule has 2 saturated carbocycles. The lowest BCUT2D eigenvalue weighted by Crippen LogP contribution is -2.56. The van der Waals surface area contributed by atoms with E-state index in [0.717, 1.165) is 67.3 Å². The topological polar surface area (TPSA) is 94.0 Å². The number of amides is 3. The quantitative estimate of drug-likeness (QED) is 0.233. The monoisotopic (exact) mass is 676 g/mol. The number of benzene rings is 1. The highest BCUT2D eigenvalue weighted by molar-refractivity contribution is 6.74. The van der Waals surface area contributed by atoms with Gasteiger partial charge in [0.2, 0.25) is 5.91 Å². The zero-order chi connectivity index (χ0) is 34.8. The Morgan fingerprint density at radius 2 is 1.75 bits per heavy atom. The number of carbonyl (C=O) groups is 3. The van der Waals surface area contributed by atoms with Gasteiger partial charge in [0.15, 0.2) is 19.8 Å². The molecule has 1 aromatic carbocycles. The molecule has 1 saturated heterocycles. The van der Waals surface area contributed by atoms with Gasteiger partial charge in [-0.3, -0.25) is 9.59 Å². The Balaban J connectivity index is 1.22. The van der Waals surface area contributed by atoms with Gasteiger partial charge in [0.05, 0.1) is 25.2 Å². The largest absolute Gasteiger partial charge is 0.525 e. The Hall–Kier alpha value is -3.28. The summed E-state index contributed by atoms with van der Waals surface area (Å²) in [5.41, 5.74) is 5.46. The van der Waals surface area contributed by atoms with Crippen LogP contribution in [0.4, 0.5) is 4.79 Å². The molecule has 2 aliphatic carbocycles. The van der Waals surface area contributed by atoms with E-state index in [1.807, 2.05) is 35.8 Å². The molecule has 3 amide bonds. The van der Waals surface area contributed by atoms with E-state index in [2.05, 4.69) is 52.9 Å². The van der Waals surface area contributed by atoms with Crippen LogP contribution in [0.25, 0.3) is 16.7 Å². The van der Waals surface area contributed by atoms with Crippen molar-refractivity contribution in [2.24, 2.45) is 7.05 Å². The molecule has 1 aromatic heterocycles. The minimum Gasteiger partial charge on any atom is -0.423 e. The SMILES string of the molecule is CCC1=C(c2cc(C3CC3)cc3c2nc(C(=O)N2CCN(C4CCC(O[Si](C)(C)C(C)(C)C)CC4)C(=O)C2)n3C)[N+](C)(C(=O)OC)C=C1. The molecule has 4 aliphatic rings. The first-order valence-corrected chi connectivity index (χ1v) is 20.7. The Morgan fingerprint density at radius 1 is 1.06 bits per heavy atom. The zero-order valence-corrected chi connectivity index (χ0v) is 31.4. The van der Waals surface area contributed by atoms with Crippen molar-refractivity contribution in [2.45, 2.75) is 109 Å². The van der Waals surface area contributed by atoms with Crippen LogP contribution in [0.2, 0.25) is 18.1 Å². The van der Waals surface area contributed by atoms with E-state index in [0.29, 0.717) is 30.3 Å². The van der Waals surface area contributed by atoms with Crippen LogP contribution in [0, 0.1) is 0 Å². The van der Waals surface area contributed by atoms with Gasteiger partial charge in [-0.1, -0.05) is 27.7 Å². The highest BCUT2D eigenvalue weighted by Gasteiger charge is 2.45. The number of quaternary nitrogens is 1. The Morgan fingerprint density at radius 3 is 2.33 bits per heavy atom. The van der Waals surface area contributed by atoms with Gasteiger partial charge in [0.1, 0.15) is 18.3 Å². The molecule has 0 radical (unpaired) electrons. The maximum absolute atomic E-state index is 14.1. The minimum atomic E-state index is -1.84. The van der Waals surface area contributed by atoms with Crippen LogP contribution in [0.1, 0.15) is 100 Å². The van der Waals surface area contributed by atoms with Crippen molar-refractivity contribution in [3.05, 3.63) is 46.9 Å². The molecular weight excluding hydrogens is 623 g/mol. The molecule has 1 atom stereocenters. The number of piperazine rings is 1. The second-order valence-corrected chi connectivity index (χ2v) is 20.7. The standard InChI is InChI=1S/C37H54N5O5Si/c1-10-24-17-20-42(6,36(45)46-7)33(24)29-21-26(25-11-12-25)22-30-32(29)38-34(39(30)5)35(44)40-18-19-41(31(43)23-40)27-13-15-28(16-14-27)47-48(8,9)37(2,3)4/h17,20-22,25,27-28H,10-16,18-19,23H2,1-9H3/q+1. The number of rotatable bonds is 7. The molecule has 0 N–H and O–H groups in total. The van der Waals surface area contributed by atoms with E-state index in [1.165, 1.54) is 12.7 Å². The van der Waals surface area contributed by atoms with Gasteiger partial charge in [-0.05, 0) is 86.7 Å². The normalized spacial score (nSPS) is 25.4. The highest BCUT2D eigenvalue weighted by atomic mass is 28.4. The summed E-state index contributed by atoms with van der Waals surface area (Å²) < 4.78 is 13.7. The average Bonchev–Trinajstić information content (AvgIpc) is 3.77. The van der Waals surface area contributed by atoms with Crippen molar-refractivity contribution in [2.75, 3.05) is 33.8 Å². The Labute approximate surface area is 286 Å². The number of ether oxygens (including phenoxy) is 1. The van der Waals surface area contributed by atoms with Gasteiger partial charge in [0.25, 0.3) is 5.91 Å². The van der Waals surface area contributed by atoms with E-state index >= 15 is 0 Å². The lowest BCUT2D eigenvalue weighted by molar-refractivity contribution is -0.704. The number of aryl methyl sites for hydroxylation is 1. The number of nitrogens with zero attached hydrogens (tertiary/aromatic N) is 5. The van der Waals surface area contributed by atoms with Gasteiger partial charge in [-0.25, -0.2) is 4.98 Å². The molecular formula is C37H54N5O5Si+. The second kappa shape index (κ2) is 12.6. The number of carbonyl (C=O) groups excluding carboxylic acids is 3. The van der Waals surface area contributed by atoms with Gasteiger partial charge in [-0.15, -0.1) is 0 Å². The molecule has 10 nitrogen and oxygen atoms in total. The molecule has 0 bridgehead atoms. The van der Waals surface area contributed by atoms with Gasteiger partial charge in [0, 0.05) is 43.9 Å². The highest BCUT2D eigenvalue weighted by Crippen LogP contribution is 2.46. The molecule has 0 spiro atoms. The first kappa shape index (κ1) is 34.6. The van der Waals surface area contributed by atoms with Crippen molar-refractivity contribution >= 4 is 43.0 Å². The number of methoxy groups -OCH3 is 1. The fourth-order valence-corrected chi connectivity index (χ4v) is 8.95. The summed E-state index contributed by atoms with van der Waals surface area (Å²) in [7, 11) is 3.29. The molecule has 3 fully saturated rings. The first-order valence-electron chi connectivity index (χ1n) is 17.7. The minimum absolute atomic E-state index is 0.000226. The number of aromatic nitrogens is 2. The summed E-state index contributed by atoms with van der Waals surface area (Å²) in [5.74, 6) is 0.519. The molecule has 2 aliphatic heterocycles. The van der Waals surface area contributed by atoms with Crippen LogP contribution in [0.15, 0.2) is 30.0 Å². The summed E-state index contributed by atoms with van der Waals surface area (Å²) in [6.07, 6.45) is 10.5. The Kier molecular flexibility index (Phi) is 9.04. The van der Waals surface area contributed by atoms with E-state index < -0.39 is 8.32 Å². The second-order valence-electron chi connectivity index (χ2n) is 15.9. The van der Waals surface area contributed by atoms with Crippen molar-refractivity contribution in [3.63, 3.8) is 0 Å². The third-order valence-corrected chi connectivity index (χ3v) is 16.2. The van der Waals surface area contributed by atoms with Crippen molar-refractivity contribution in [1.29, 1.82) is 0 Å².